The third kappa shape index (κ3) is 3.71. The number of ketones is 2. The van der Waals surface area contributed by atoms with Gasteiger partial charge in [0.1, 0.15) is 0 Å². The van der Waals surface area contributed by atoms with Crippen molar-refractivity contribution in [2.75, 3.05) is 0 Å². The minimum Gasteiger partial charge on any atom is -0.298 e. The number of aldehydes is 2. The maximum absolute atomic E-state index is 12.9. The minimum absolute atomic E-state index is 0.0770. The van der Waals surface area contributed by atoms with Gasteiger partial charge in [-0.05, 0) is 26.0 Å². The van der Waals surface area contributed by atoms with Gasteiger partial charge in [-0.15, -0.1) is 0 Å². The Balaban J connectivity index is 2.14. The molecule has 3 aromatic carbocycles. The molecule has 0 amide bonds. The van der Waals surface area contributed by atoms with Crippen LogP contribution in [-0.4, -0.2) is 24.1 Å². The summed E-state index contributed by atoms with van der Waals surface area (Å²) in [6.07, 6.45) is 1.04. The number of carbonyl (C=O) groups excluding carboxylic acids is 4. The zero-order valence-electron chi connectivity index (χ0n) is 15.6. The number of carbonyl (C=O) groups is 4. The molecule has 0 aliphatic carbocycles. The molecule has 0 aliphatic heterocycles. The van der Waals surface area contributed by atoms with E-state index in [1.54, 1.807) is 48.5 Å². The van der Waals surface area contributed by atoms with Crippen LogP contribution in [0, 0.1) is 13.8 Å². The summed E-state index contributed by atoms with van der Waals surface area (Å²) in [6, 6.07) is 16.5. The Morgan fingerprint density at radius 1 is 0.607 bits per heavy atom. The molecule has 3 aromatic rings. The van der Waals surface area contributed by atoms with E-state index in [4.69, 9.17) is 0 Å². The smallest absolute Gasteiger partial charge is 0.193 e. The van der Waals surface area contributed by atoms with Crippen molar-refractivity contribution in [1.82, 2.24) is 0 Å². The van der Waals surface area contributed by atoms with Gasteiger partial charge in [0, 0.05) is 33.4 Å². The van der Waals surface area contributed by atoms with Crippen LogP contribution in [0.25, 0.3) is 0 Å². The summed E-state index contributed by atoms with van der Waals surface area (Å²) in [5, 5.41) is 0. The Morgan fingerprint density at radius 3 is 1.29 bits per heavy atom. The number of hydrogen-bond acceptors (Lipinski definition) is 4. The molecule has 3 rings (SSSR count). The summed E-state index contributed by atoms with van der Waals surface area (Å²) in [4.78, 5) is 48.9. The van der Waals surface area contributed by atoms with Crippen LogP contribution < -0.4 is 0 Å². The molecule has 0 unspecified atom stereocenters. The van der Waals surface area contributed by atoms with Crippen LogP contribution in [0.4, 0.5) is 0 Å². The van der Waals surface area contributed by atoms with E-state index in [0.717, 1.165) is 11.1 Å². The summed E-state index contributed by atoms with van der Waals surface area (Å²) in [5.74, 6) is -0.755. The van der Waals surface area contributed by atoms with Crippen molar-refractivity contribution in [3.63, 3.8) is 0 Å². The topological polar surface area (TPSA) is 68.3 Å². The number of benzene rings is 3. The average Bonchev–Trinajstić information content (AvgIpc) is 2.72. The summed E-state index contributed by atoms with van der Waals surface area (Å²) in [7, 11) is 0. The van der Waals surface area contributed by atoms with Gasteiger partial charge >= 0.3 is 0 Å². The largest absolute Gasteiger partial charge is 0.298 e. The lowest BCUT2D eigenvalue weighted by Gasteiger charge is -2.11. The van der Waals surface area contributed by atoms with Crippen molar-refractivity contribution in [3.05, 3.63) is 105 Å². The van der Waals surface area contributed by atoms with E-state index in [0.29, 0.717) is 23.7 Å². The Hall–Kier alpha value is -3.66. The zero-order chi connectivity index (χ0) is 20.3. The molecular formula is C24H18O4. The summed E-state index contributed by atoms with van der Waals surface area (Å²) < 4.78 is 0. The Labute approximate surface area is 162 Å². The monoisotopic (exact) mass is 370 g/mol. The lowest BCUT2D eigenvalue weighted by Crippen LogP contribution is -2.12. The summed E-state index contributed by atoms with van der Waals surface area (Å²) >= 11 is 0. The van der Waals surface area contributed by atoms with E-state index >= 15 is 0 Å². The normalized spacial score (nSPS) is 10.4. The van der Waals surface area contributed by atoms with Gasteiger partial charge in [0.05, 0.1) is 0 Å². The highest BCUT2D eigenvalue weighted by Crippen LogP contribution is 2.22. The molecule has 4 heteroatoms. The maximum atomic E-state index is 12.9. The van der Waals surface area contributed by atoms with E-state index in [-0.39, 0.29) is 33.8 Å². The van der Waals surface area contributed by atoms with Gasteiger partial charge in [-0.3, -0.25) is 19.2 Å². The highest BCUT2D eigenvalue weighted by Gasteiger charge is 2.21. The first-order chi connectivity index (χ1) is 13.4. The molecule has 0 saturated carbocycles. The average molecular weight is 370 g/mol. The first kappa shape index (κ1) is 19.1. The van der Waals surface area contributed by atoms with Crippen LogP contribution in [0.5, 0.6) is 0 Å². The fraction of sp³-hybridized carbons (Fsp3) is 0.0833. The van der Waals surface area contributed by atoms with Crippen molar-refractivity contribution in [2.45, 2.75) is 13.8 Å². The number of hydrogen-bond donors (Lipinski definition) is 0. The molecule has 138 valence electrons. The fourth-order valence-corrected chi connectivity index (χ4v) is 2.94. The van der Waals surface area contributed by atoms with Gasteiger partial charge in [0.25, 0.3) is 0 Å². The van der Waals surface area contributed by atoms with Crippen LogP contribution >= 0.6 is 0 Å². The molecule has 0 radical (unpaired) electrons. The van der Waals surface area contributed by atoms with Crippen molar-refractivity contribution < 1.29 is 19.2 Å². The van der Waals surface area contributed by atoms with Crippen molar-refractivity contribution >= 4 is 24.1 Å². The summed E-state index contributed by atoms with van der Waals surface area (Å²) in [5.41, 5.74) is 3.15. The van der Waals surface area contributed by atoms with Gasteiger partial charge < -0.3 is 0 Å². The Bertz CT molecular complexity index is 990. The second-order valence-corrected chi connectivity index (χ2v) is 6.65. The SMILES string of the molecule is Cc1ccc(C(=O)c2cc(C(=O)c3ccc(C)cc3)c(C=O)cc2C=O)cc1. The molecule has 0 aromatic heterocycles. The molecule has 4 nitrogen and oxygen atoms in total. The van der Waals surface area contributed by atoms with E-state index in [2.05, 4.69) is 0 Å². The van der Waals surface area contributed by atoms with Crippen molar-refractivity contribution in [2.24, 2.45) is 0 Å². The molecular weight excluding hydrogens is 352 g/mol. The molecule has 0 heterocycles. The summed E-state index contributed by atoms with van der Waals surface area (Å²) in [6.45, 7) is 3.81. The molecule has 0 bridgehead atoms. The van der Waals surface area contributed by atoms with Crippen LogP contribution in [-0.2, 0) is 0 Å². The fourth-order valence-electron chi connectivity index (χ4n) is 2.94. The van der Waals surface area contributed by atoms with Crippen molar-refractivity contribution in [3.8, 4) is 0 Å². The highest BCUT2D eigenvalue weighted by atomic mass is 16.1. The maximum Gasteiger partial charge on any atom is 0.193 e. The molecule has 0 aliphatic rings. The third-order valence-corrected chi connectivity index (χ3v) is 4.59. The van der Waals surface area contributed by atoms with Gasteiger partial charge in [0.15, 0.2) is 24.1 Å². The number of rotatable bonds is 6. The Kier molecular flexibility index (Phi) is 5.41. The third-order valence-electron chi connectivity index (χ3n) is 4.59. The lowest BCUT2D eigenvalue weighted by atomic mass is 9.90. The minimum atomic E-state index is -0.377. The van der Waals surface area contributed by atoms with Gasteiger partial charge in [-0.1, -0.05) is 59.7 Å². The second kappa shape index (κ2) is 7.92. The highest BCUT2D eigenvalue weighted by molar-refractivity contribution is 6.18. The standard InChI is InChI=1S/C24H18O4/c1-15-3-7-17(8-4-15)23(27)21-12-22(20(14-26)11-19(21)13-25)24(28)18-9-5-16(2)6-10-18/h3-14H,1-2H3. The molecule has 28 heavy (non-hydrogen) atoms. The van der Waals surface area contributed by atoms with Gasteiger partial charge in [-0.25, -0.2) is 0 Å². The molecule has 0 spiro atoms. The molecule has 0 N–H and O–H groups in total. The van der Waals surface area contributed by atoms with Crippen LogP contribution in [0.2, 0.25) is 0 Å². The molecule has 0 saturated heterocycles. The van der Waals surface area contributed by atoms with E-state index in [1.807, 2.05) is 13.8 Å². The first-order valence-corrected chi connectivity index (χ1v) is 8.75. The lowest BCUT2D eigenvalue weighted by molar-refractivity contribution is 0.102. The second-order valence-electron chi connectivity index (χ2n) is 6.65. The van der Waals surface area contributed by atoms with Gasteiger partial charge in [0.2, 0.25) is 0 Å². The van der Waals surface area contributed by atoms with E-state index in [9.17, 15) is 19.2 Å². The predicted molar refractivity (Wildman–Crippen MR) is 106 cm³/mol. The van der Waals surface area contributed by atoms with Crippen LogP contribution in [0.1, 0.15) is 63.7 Å². The Morgan fingerprint density at radius 2 is 0.964 bits per heavy atom. The first-order valence-electron chi connectivity index (χ1n) is 8.75. The van der Waals surface area contributed by atoms with Crippen LogP contribution in [0.3, 0.4) is 0 Å². The van der Waals surface area contributed by atoms with E-state index in [1.165, 1.54) is 12.1 Å². The molecule has 0 atom stereocenters. The molecule has 0 fully saturated rings. The van der Waals surface area contributed by atoms with Crippen LogP contribution in [0.15, 0.2) is 60.7 Å². The van der Waals surface area contributed by atoms with E-state index < -0.39 is 0 Å². The van der Waals surface area contributed by atoms with Gasteiger partial charge in [-0.2, -0.15) is 0 Å². The predicted octanol–water partition coefficient (Wildman–Crippen LogP) is 4.39. The quantitative estimate of drug-likeness (QED) is 0.477. The number of aryl methyl sites for hydroxylation is 2. The zero-order valence-corrected chi connectivity index (χ0v) is 15.6. The van der Waals surface area contributed by atoms with Crippen molar-refractivity contribution in [1.29, 1.82) is 0 Å².